The van der Waals surface area contributed by atoms with E-state index in [2.05, 4.69) is 15.9 Å². The van der Waals surface area contributed by atoms with Gasteiger partial charge in [-0.25, -0.2) is 9.86 Å². The number of rotatable bonds is 5. The van der Waals surface area contributed by atoms with Crippen LogP contribution in [-0.2, 0) is 25.6 Å². The van der Waals surface area contributed by atoms with Crippen LogP contribution in [0.25, 0.3) is 0 Å². The van der Waals surface area contributed by atoms with Crippen molar-refractivity contribution >= 4 is 27.8 Å². The van der Waals surface area contributed by atoms with Gasteiger partial charge in [-0.3, -0.25) is 10.0 Å². The first-order valence-corrected chi connectivity index (χ1v) is 9.19. The lowest BCUT2D eigenvalue weighted by molar-refractivity contribution is -0.228. The topological polar surface area (TPSA) is 79.3 Å². The van der Waals surface area contributed by atoms with Gasteiger partial charge in [0.25, 0.3) is 5.91 Å². The summed E-state index contributed by atoms with van der Waals surface area (Å²) >= 11 is 3.43. The lowest BCUT2D eigenvalue weighted by atomic mass is 9.87. The molecule has 1 heterocycles. The van der Waals surface area contributed by atoms with Gasteiger partial charge < -0.3 is 9.57 Å². The van der Waals surface area contributed by atoms with Gasteiger partial charge in [0.15, 0.2) is 5.54 Å². The van der Waals surface area contributed by atoms with E-state index < -0.39 is 17.4 Å². The first-order valence-electron chi connectivity index (χ1n) is 8.40. The molecule has 0 aromatic heterocycles. The van der Waals surface area contributed by atoms with E-state index in [0.717, 1.165) is 21.2 Å². The molecule has 0 aliphatic carbocycles. The fourth-order valence-electron chi connectivity index (χ4n) is 3.42. The minimum Gasteiger partial charge on any atom is -0.467 e. The van der Waals surface area contributed by atoms with Gasteiger partial charge in [0.05, 0.1) is 20.6 Å². The number of halogens is 1. The van der Waals surface area contributed by atoms with Gasteiger partial charge in [-0.15, -0.1) is 0 Å². The van der Waals surface area contributed by atoms with E-state index in [0.29, 0.717) is 18.2 Å². The summed E-state index contributed by atoms with van der Waals surface area (Å²) in [6.45, 7) is 4.64. The number of amides is 1. The third-order valence-electron chi connectivity index (χ3n) is 5.00. The van der Waals surface area contributed by atoms with Crippen molar-refractivity contribution in [3.8, 4) is 0 Å². The van der Waals surface area contributed by atoms with Gasteiger partial charge in [-0.1, -0.05) is 15.9 Å². The number of piperidine rings is 1. The van der Waals surface area contributed by atoms with E-state index in [1.807, 2.05) is 26.0 Å². The Morgan fingerprint density at radius 3 is 2.23 bits per heavy atom. The monoisotopic (exact) mass is 428 g/mol. The van der Waals surface area contributed by atoms with E-state index >= 15 is 0 Å². The van der Waals surface area contributed by atoms with Crippen LogP contribution in [0.15, 0.2) is 16.6 Å². The number of methoxy groups -OCH3 is 1. The van der Waals surface area contributed by atoms with Crippen LogP contribution in [0.1, 0.15) is 29.5 Å². The van der Waals surface area contributed by atoms with Crippen LogP contribution in [-0.4, -0.2) is 60.1 Å². The fourth-order valence-corrected chi connectivity index (χ4v) is 4.10. The van der Waals surface area contributed by atoms with Crippen LogP contribution >= 0.6 is 15.9 Å². The molecule has 0 unspecified atom stereocenters. The Labute approximate surface area is 161 Å². The summed E-state index contributed by atoms with van der Waals surface area (Å²) in [7, 11) is 2.81. The number of carbonyl (C=O) groups excluding carboxylic acids is 2. The van der Waals surface area contributed by atoms with E-state index in [-0.39, 0.29) is 19.3 Å². The maximum Gasteiger partial charge on any atom is 0.334 e. The number of benzene rings is 1. The molecule has 1 N–H and O–H groups in total. The van der Waals surface area contributed by atoms with Gasteiger partial charge in [0, 0.05) is 17.6 Å². The van der Waals surface area contributed by atoms with Crippen LogP contribution in [0.5, 0.6) is 0 Å². The predicted octanol–water partition coefficient (Wildman–Crippen LogP) is 2.40. The molecule has 2 rings (SSSR count). The van der Waals surface area contributed by atoms with Crippen molar-refractivity contribution in [2.24, 2.45) is 0 Å². The van der Waals surface area contributed by atoms with Crippen molar-refractivity contribution in [1.82, 2.24) is 10.1 Å². The summed E-state index contributed by atoms with van der Waals surface area (Å²) in [5.41, 5.74) is 1.34. The zero-order valence-corrected chi connectivity index (χ0v) is 17.1. The smallest absolute Gasteiger partial charge is 0.334 e. The number of hydroxylamine groups is 4. The third kappa shape index (κ3) is 4.09. The van der Waals surface area contributed by atoms with E-state index in [4.69, 9.17) is 9.57 Å². The maximum atomic E-state index is 12.8. The number of ether oxygens (including phenoxy) is 1. The molecule has 1 aromatic carbocycles. The van der Waals surface area contributed by atoms with Crippen molar-refractivity contribution in [2.45, 2.75) is 38.6 Å². The molecule has 0 radical (unpaired) electrons. The predicted molar refractivity (Wildman–Crippen MR) is 98.5 cm³/mol. The van der Waals surface area contributed by atoms with Crippen molar-refractivity contribution in [1.29, 1.82) is 0 Å². The largest absolute Gasteiger partial charge is 0.467 e. The number of hydrogen-bond acceptors (Lipinski definition) is 6. The molecular weight excluding hydrogens is 404 g/mol. The Morgan fingerprint density at radius 1 is 1.23 bits per heavy atom. The number of nitrogens with zero attached hydrogens (tertiary/aromatic N) is 2. The second-order valence-electron chi connectivity index (χ2n) is 6.54. The lowest BCUT2D eigenvalue weighted by Gasteiger charge is -2.42. The zero-order valence-electron chi connectivity index (χ0n) is 15.5. The Balaban J connectivity index is 2.25. The summed E-state index contributed by atoms with van der Waals surface area (Å²) in [6, 6.07) is 3.84. The van der Waals surface area contributed by atoms with Crippen LogP contribution in [0.2, 0.25) is 0 Å². The Kier molecular flexibility index (Phi) is 6.79. The molecule has 144 valence electrons. The van der Waals surface area contributed by atoms with Crippen molar-refractivity contribution in [3.63, 3.8) is 0 Å². The minimum atomic E-state index is -1.39. The molecular formula is C18H25BrN2O5. The molecule has 0 saturated carbocycles. The van der Waals surface area contributed by atoms with Crippen molar-refractivity contribution < 1.29 is 24.4 Å². The number of aryl methyl sites for hydroxylation is 2. The SMILES string of the molecule is COC(=O)C1(N(O)C(=O)Cc2c(C)cc(Br)cc2C)CCN(OC)CC1. The van der Waals surface area contributed by atoms with Crippen LogP contribution in [0.4, 0.5) is 0 Å². The van der Waals surface area contributed by atoms with Gasteiger partial charge in [0.2, 0.25) is 0 Å². The summed E-state index contributed by atoms with van der Waals surface area (Å²) < 4.78 is 5.82. The second kappa shape index (κ2) is 8.47. The van der Waals surface area contributed by atoms with Gasteiger partial charge >= 0.3 is 5.97 Å². The Hall–Kier alpha value is -1.48. The Morgan fingerprint density at radius 2 is 1.77 bits per heavy atom. The highest BCUT2D eigenvalue weighted by atomic mass is 79.9. The molecule has 0 bridgehead atoms. The number of carbonyl (C=O) groups is 2. The van der Waals surface area contributed by atoms with E-state index in [9.17, 15) is 14.8 Å². The normalized spacial score (nSPS) is 17.0. The molecule has 1 aliphatic rings. The van der Waals surface area contributed by atoms with Crippen molar-refractivity contribution in [2.75, 3.05) is 27.3 Å². The average Bonchev–Trinajstić information content (AvgIpc) is 2.63. The van der Waals surface area contributed by atoms with Crippen LogP contribution in [0.3, 0.4) is 0 Å². The fraction of sp³-hybridized carbons (Fsp3) is 0.556. The summed E-state index contributed by atoms with van der Waals surface area (Å²) in [5.74, 6) is -1.15. The molecule has 1 aromatic rings. The molecule has 7 nitrogen and oxygen atoms in total. The molecule has 1 fully saturated rings. The molecule has 26 heavy (non-hydrogen) atoms. The quantitative estimate of drug-likeness (QED) is 0.440. The highest BCUT2D eigenvalue weighted by Crippen LogP contribution is 2.31. The lowest BCUT2D eigenvalue weighted by Crippen LogP contribution is -2.61. The van der Waals surface area contributed by atoms with Crippen LogP contribution < -0.4 is 0 Å². The first kappa shape index (κ1) is 20.8. The zero-order chi connectivity index (χ0) is 19.5. The summed E-state index contributed by atoms with van der Waals surface area (Å²) in [6.07, 6.45) is 0.469. The molecule has 1 amide bonds. The standard InChI is InChI=1S/C18H25BrN2O5/c1-12-9-14(19)10-13(2)15(12)11-16(22)21(24)18(17(23)25-3)5-7-20(26-4)8-6-18/h9-10,24H,5-8,11H2,1-4H3. The number of hydrogen-bond donors (Lipinski definition) is 1. The van der Waals surface area contributed by atoms with Gasteiger partial charge in [-0.2, -0.15) is 5.06 Å². The molecule has 1 saturated heterocycles. The van der Waals surface area contributed by atoms with Crippen LogP contribution in [0, 0.1) is 13.8 Å². The van der Waals surface area contributed by atoms with Gasteiger partial charge in [0.1, 0.15) is 0 Å². The summed E-state index contributed by atoms with van der Waals surface area (Å²) in [5, 5.41) is 12.9. The second-order valence-corrected chi connectivity index (χ2v) is 7.45. The maximum absolute atomic E-state index is 12.8. The molecule has 0 spiro atoms. The molecule has 0 atom stereocenters. The van der Waals surface area contributed by atoms with E-state index in [1.165, 1.54) is 7.11 Å². The molecule has 1 aliphatic heterocycles. The highest BCUT2D eigenvalue weighted by molar-refractivity contribution is 9.10. The minimum absolute atomic E-state index is 0.00812. The first-order chi connectivity index (χ1) is 12.2. The van der Waals surface area contributed by atoms with Crippen molar-refractivity contribution in [3.05, 3.63) is 33.3 Å². The summed E-state index contributed by atoms with van der Waals surface area (Å²) in [4.78, 5) is 30.4. The van der Waals surface area contributed by atoms with Gasteiger partial charge in [-0.05, 0) is 55.5 Å². The Bertz CT molecular complexity index is 663. The van der Waals surface area contributed by atoms with E-state index in [1.54, 1.807) is 12.2 Å². The highest BCUT2D eigenvalue weighted by Gasteiger charge is 2.49. The molecule has 8 heteroatoms. The number of esters is 1. The third-order valence-corrected chi connectivity index (χ3v) is 5.46. The average molecular weight is 429 g/mol.